The quantitative estimate of drug-likeness (QED) is 0.530. The Kier molecular flexibility index (Phi) is 6.40. The van der Waals surface area contributed by atoms with Crippen LogP contribution < -0.4 is 16.0 Å². The van der Waals surface area contributed by atoms with E-state index in [0.717, 1.165) is 0 Å². The zero-order valence-corrected chi connectivity index (χ0v) is 11.8. The van der Waals surface area contributed by atoms with Crippen molar-refractivity contribution in [2.75, 3.05) is 0 Å². The maximum Gasteiger partial charge on any atom is 0.328 e. The fourth-order valence-corrected chi connectivity index (χ4v) is 1.08. The summed E-state index contributed by atoms with van der Waals surface area (Å²) in [6, 6.07) is -1.73. The van der Waals surface area contributed by atoms with Crippen LogP contribution in [-0.4, -0.2) is 40.5 Å². The monoisotopic (exact) mass is 285 g/mol. The van der Waals surface area contributed by atoms with Crippen LogP contribution in [0.3, 0.4) is 0 Å². The molecule has 20 heavy (non-hydrogen) atoms. The van der Waals surface area contributed by atoms with Crippen LogP contribution in [0, 0.1) is 0 Å². The van der Waals surface area contributed by atoms with Crippen molar-refractivity contribution in [2.24, 2.45) is 0 Å². The molecular formula is C12H19N3O5. The van der Waals surface area contributed by atoms with Gasteiger partial charge in [-0.15, -0.1) is 0 Å². The summed E-state index contributed by atoms with van der Waals surface area (Å²) in [6.07, 6.45) is 1.29. The largest absolute Gasteiger partial charge is 0.478 e. The SMILES string of the molecule is CC(NC(=O)NC(=O)/C=C/C(=O)O)C(=O)NC(C)(C)C. The second-order valence-corrected chi connectivity index (χ2v) is 5.10. The van der Waals surface area contributed by atoms with E-state index in [1.807, 2.05) is 5.32 Å². The van der Waals surface area contributed by atoms with Gasteiger partial charge in [0.05, 0.1) is 0 Å². The summed E-state index contributed by atoms with van der Waals surface area (Å²) >= 11 is 0. The topological polar surface area (TPSA) is 125 Å². The number of aliphatic carboxylic acids is 1. The molecule has 1 atom stereocenters. The van der Waals surface area contributed by atoms with Gasteiger partial charge in [-0.3, -0.25) is 14.9 Å². The van der Waals surface area contributed by atoms with E-state index in [1.54, 1.807) is 20.8 Å². The van der Waals surface area contributed by atoms with Crippen LogP contribution in [0.1, 0.15) is 27.7 Å². The average Bonchev–Trinajstić information content (AvgIpc) is 2.23. The minimum Gasteiger partial charge on any atom is -0.478 e. The lowest BCUT2D eigenvalue weighted by Crippen LogP contribution is -2.53. The first-order valence-corrected chi connectivity index (χ1v) is 5.86. The molecule has 0 bridgehead atoms. The molecule has 0 aliphatic rings. The van der Waals surface area contributed by atoms with Crippen molar-refractivity contribution in [1.82, 2.24) is 16.0 Å². The second-order valence-electron chi connectivity index (χ2n) is 5.10. The average molecular weight is 285 g/mol. The highest BCUT2D eigenvalue weighted by molar-refractivity contribution is 6.03. The Morgan fingerprint density at radius 1 is 1.10 bits per heavy atom. The molecule has 0 aliphatic carbocycles. The van der Waals surface area contributed by atoms with Crippen LogP contribution in [0.2, 0.25) is 0 Å². The standard InChI is InChI=1S/C12H19N3O5/c1-7(10(19)15-12(2,3)4)13-11(20)14-8(16)5-6-9(17)18/h5-7H,1-4H3,(H,15,19)(H,17,18)(H2,13,14,16,20)/b6-5+. The van der Waals surface area contributed by atoms with Gasteiger partial charge in [0.1, 0.15) is 6.04 Å². The summed E-state index contributed by atoms with van der Waals surface area (Å²) in [5.41, 5.74) is -0.441. The van der Waals surface area contributed by atoms with E-state index in [2.05, 4.69) is 10.6 Å². The normalized spacial score (nSPS) is 12.6. The highest BCUT2D eigenvalue weighted by atomic mass is 16.4. The first kappa shape index (κ1) is 17.6. The number of amides is 4. The summed E-state index contributed by atoms with van der Waals surface area (Å²) in [4.78, 5) is 44.3. The number of rotatable bonds is 4. The van der Waals surface area contributed by atoms with Crippen molar-refractivity contribution in [3.63, 3.8) is 0 Å². The van der Waals surface area contributed by atoms with Crippen molar-refractivity contribution >= 4 is 23.8 Å². The molecule has 1 unspecified atom stereocenters. The molecule has 4 N–H and O–H groups in total. The molecular weight excluding hydrogens is 266 g/mol. The van der Waals surface area contributed by atoms with Gasteiger partial charge in [0.15, 0.2) is 0 Å². The molecule has 0 saturated heterocycles. The van der Waals surface area contributed by atoms with Crippen LogP contribution in [-0.2, 0) is 14.4 Å². The molecule has 0 aliphatic heterocycles. The number of urea groups is 1. The van der Waals surface area contributed by atoms with E-state index in [9.17, 15) is 19.2 Å². The number of carboxylic acid groups (broad SMARTS) is 1. The van der Waals surface area contributed by atoms with Gasteiger partial charge in [-0.05, 0) is 27.7 Å². The number of carbonyl (C=O) groups excluding carboxylic acids is 3. The molecule has 4 amide bonds. The second kappa shape index (κ2) is 7.27. The van der Waals surface area contributed by atoms with Crippen molar-refractivity contribution < 1.29 is 24.3 Å². The third kappa shape index (κ3) is 8.67. The van der Waals surface area contributed by atoms with Gasteiger partial charge >= 0.3 is 12.0 Å². The van der Waals surface area contributed by atoms with Crippen LogP contribution in [0.25, 0.3) is 0 Å². The molecule has 0 radical (unpaired) electrons. The minimum absolute atomic E-state index is 0.402. The highest BCUT2D eigenvalue weighted by Gasteiger charge is 2.20. The molecule has 0 fully saturated rings. The predicted molar refractivity (Wildman–Crippen MR) is 70.8 cm³/mol. The number of imide groups is 1. The van der Waals surface area contributed by atoms with Crippen molar-refractivity contribution in [2.45, 2.75) is 39.3 Å². The van der Waals surface area contributed by atoms with Gasteiger partial charge in [-0.2, -0.15) is 0 Å². The van der Waals surface area contributed by atoms with Crippen molar-refractivity contribution in [3.05, 3.63) is 12.2 Å². The van der Waals surface area contributed by atoms with Gasteiger partial charge in [-0.1, -0.05) is 0 Å². The molecule has 112 valence electrons. The van der Waals surface area contributed by atoms with Crippen LogP contribution in [0.4, 0.5) is 4.79 Å². The maximum absolute atomic E-state index is 11.7. The van der Waals surface area contributed by atoms with Gasteiger partial charge in [0.2, 0.25) is 5.91 Å². The molecule has 8 heteroatoms. The van der Waals surface area contributed by atoms with E-state index in [1.165, 1.54) is 6.92 Å². The highest BCUT2D eigenvalue weighted by Crippen LogP contribution is 1.99. The van der Waals surface area contributed by atoms with Gasteiger partial charge < -0.3 is 15.7 Å². The Morgan fingerprint density at radius 3 is 2.10 bits per heavy atom. The third-order valence-corrected chi connectivity index (χ3v) is 1.85. The first-order valence-electron chi connectivity index (χ1n) is 5.86. The van der Waals surface area contributed by atoms with Crippen molar-refractivity contribution in [1.29, 1.82) is 0 Å². The molecule has 0 heterocycles. The summed E-state index contributed by atoms with van der Waals surface area (Å²) < 4.78 is 0. The minimum atomic E-state index is -1.31. The summed E-state index contributed by atoms with van der Waals surface area (Å²) in [5.74, 6) is -2.60. The lowest BCUT2D eigenvalue weighted by Gasteiger charge is -2.23. The molecule has 0 saturated carbocycles. The van der Waals surface area contributed by atoms with E-state index in [4.69, 9.17) is 5.11 Å². The molecule has 0 spiro atoms. The number of hydrogen-bond donors (Lipinski definition) is 4. The van der Waals surface area contributed by atoms with E-state index < -0.39 is 35.4 Å². The Balaban J connectivity index is 4.30. The fourth-order valence-electron chi connectivity index (χ4n) is 1.08. The smallest absolute Gasteiger partial charge is 0.328 e. The maximum atomic E-state index is 11.7. The Labute approximate surface area is 116 Å². The van der Waals surface area contributed by atoms with E-state index >= 15 is 0 Å². The molecule has 0 aromatic carbocycles. The van der Waals surface area contributed by atoms with Crippen LogP contribution in [0.15, 0.2) is 12.2 Å². The first-order chi connectivity index (χ1) is 9.01. The van der Waals surface area contributed by atoms with Crippen molar-refractivity contribution in [3.8, 4) is 0 Å². The molecule has 0 aromatic heterocycles. The Morgan fingerprint density at radius 2 is 1.65 bits per heavy atom. The molecule has 8 nitrogen and oxygen atoms in total. The number of carboxylic acids is 1. The zero-order valence-electron chi connectivity index (χ0n) is 11.8. The Hall–Kier alpha value is -2.38. The molecule has 0 aromatic rings. The Bertz CT molecular complexity index is 437. The summed E-state index contributed by atoms with van der Waals surface area (Å²) in [6.45, 7) is 6.83. The fraction of sp³-hybridized carbons (Fsp3) is 0.500. The van der Waals surface area contributed by atoms with Crippen LogP contribution in [0.5, 0.6) is 0 Å². The lowest BCUT2D eigenvalue weighted by atomic mass is 10.1. The zero-order chi connectivity index (χ0) is 15.9. The van der Waals surface area contributed by atoms with Gasteiger partial charge in [0.25, 0.3) is 5.91 Å². The van der Waals surface area contributed by atoms with E-state index in [-0.39, 0.29) is 0 Å². The van der Waals surface area contributed by atoms with Gasteiger partial charge in [-0.25, -0.2) is 9.59 Å². The molecule has 0 rings (SSSR count). The summed E-state index contributed by atoms with van der Waals surface area (Å²) in [5, 5.41) is 15.1. The number of nitrogens with one attached hydrogen (secondary N) is 3. The number of hydrogen-bond acceptors (Lipinski definition) is 4. The third-order valence-electron chi connectivity index (χ3n) is 1.85. The number of carbonyl (C=O) groups is 4. The lowest BCUT2D eigenvalue weighted by molar-refractivity contribution is -0.131. The predicted octanol–water partition coefficient (Wildman–Crippen LogP) is -0.244. The van der Waals surface area contributed by atoms with Crippen LogP contribution >= 0.6 is 0 Å². The summed E-state index contributed by atoms with van der Waals surface area (Å²) in [7, 11) is 0. The van der Waals surface area contributed by atoms with Gasteiger partial charge in [0, 0.05) is 17.7 Å². The van der Waals surface area contributed by atoms with E-state index in [0.29, 0.717) is 12.2 Å².